The van der Waals surface area contributed by atoms with Crippen LogP contribution in [-0.2, 0) is 12.3 Å². The molecular weight excluding hydrogens is 448 g/mol. The smallest absolute Gasteiger partial charge is 0.297 e. The minimum Gasteiger partial charge on any atom is -0.334 e. The summed E-state index contributed by atoms with van der Waals surface area (Å²) in [6.07, 6.45) is 1.69. The second-order valence-electron chi connectivity index (χ2n) is 6.85. The Morgan fingerprint density at radius 3 is 2.45 bits per heavy atom. The van der Waals surface area contributed by atoms with Crippen LogP contribution in [0.2, 0.25) is 0 Å². The molecule has 0 bridgehead atoms. The van der Waals surface area contributed by atoms with Gasteiger partial charge < -0.3 is 5.32 Å². The molecule has 2 aromatic carbocycles. The van der Waals surface area contributed by atoms with Gasteiger partial charge in [-0.05, 0) is 41.3 Å². The summed E-state index contributed by atoms with van der Waals surface area (Å²) in [5, 5.41) is 12.1. The van der Waals surface area contributed by atoms with Gasteiger partial charge >= 0.3 is 0 Å². The quantitative estimate of drug-likeness (QED) is 0.335. The molecule has 29 heavy (non-hydrogen) atoms. The maximum atomic E-state index is 12.9. The van der Waals surface area contributed by atoms with E-state index < -0.39 is 0 Å². The van der Waals surface area contributed by atoms with Gasteiger partial charge in [0.2, 0.25) is 5.82 Å². The molecule has 0 aliphatic carbocycles. The highest BCUT2D eigenvalue weighted by atomic mass is 79.9. The lowest BCUT2D eigenvalue weighted by Gasteiger charge is -2.12. The monoisotopic (exact) mass is 470 g/mol. The third-order valence-electron chi connectivity index (χ3n) is 4.35. The first-order chi connectivity index (χ1) is 14.0. The van der Waals surface area contributed by atoms with Gasteiger partial charge in [-0.25, -0.2) is 0 Å². The Labute approximate surface area is 183 Å². The van der Waals surface area contributed by atoms with E-state index in [1.54, 1.807) is 10.6 Å². The zero-order valence-corrected chi connectivity index (χ0v) is 18.8. The number of nitrogens with zero attached hydrogens (tertiary/aromatic N) is 3. The summed E-state index contributed by atoms with van der Waals surface area (Å²) in [6.45, 7) is 8.43. The molecule has 0 saturated heterocycles. The fourth-order valence-corrected chi connectivity index (χ4v) is 3.86. The van der Waals surface area contributed by atoms with E-state index in [0.717, 1.165) is 15.7 Å². The van der Waals surface area contributed by atoms with Crippen LogP contribution in [0, 0.1) is 0 Å². The van der Waals surface area contributed by atoms with Crippen LogP contribution in [0.3, 0.4) is 0 Å². The number of anilines is 2. The SMILES string of the molecule is C=CCn1c(SCc2ccc(Br)cc2)nnc(Nc2ccc(C(C)C)cc2)c1=O. The minimum absolute atomic E-state index is 0.206. The lowest BCUT2D eigenvalue weighted by molar-refractivity contribution is 0.626. The third kappa shape index (κ3) is 5.58. The fourth-order valence-electron chi connectivity index (χ4n) is 2.70. The molecule has 5 nitrogen and oxygen atoms in total. The lowest BCUT2D eigenvalue weighted by Crippen LogP contribution is -2.26. The highest BCUT2D eigenvalue weighted by Crippen LogP contribution is 2.22. The van der Waals surface area contributed by atoms with E-state index in [1.165, 1.54) is 17.3 Å². The number of halogens is 1. The Morgan fingerprint density at radius 1 is 1.14 bits per heavy atom. The van der Waals surface area contributed by atoms with E-state index in [2.05, 4.69) is 51.9 Å². The highest BCUT2D eigenvalue weighted by molar-refractivity contribution is 9.10. The molecule has 1 aromatic heterocycles. The van der Waals surface area contributed by atoms with Gasteiger partial charge in [0.1, 0.15) is 0 Å². The van der Waals surface area contributed by atoms with Crippen LogP contribution in [0.4, 0.5) is 11.5 Å². The second-order valence-corrected chi connectivity index (χ2v) is 8.71. The summed E-state index contributed by atoms with van der Waals surface area (Å²) >= 11 is 4.92. The third-order valence-corrected chi connectivity index (χ3v) is 5.91. The molecule has 1 heterocycles. The van der Waals surface area contributed by atoms with Gasteiger partial charge in [0, 0.05) is 22.5 Å². The summed E-state index contributed by atoms with van der Waals surface area (Å²) in [7, 11) is 0. The highest BCUT2D eigenvalue weighted by Gasteiger charge is 2.13. The summed E-state index contributed by atoms with van der Waals surface area (Å²) in [4.78, 5) is 12.9. The van der Waals surface area contributed by atoms with Crippen LogP contribution in [0.1, 0.15) is 30.9 Å². The maximum Gasteiger partial charge on any atom is 0.297 e. The molecule has 0 amide bonds. The molecule has 3 aromatic rings. The average molecular weight is 471 g/mol. The Morgan fingerprint density at radius 2 is 1.83 bits per heavy atom. The van der Waals surface area contributed by atoms with E-state index in [0.29, 0.717) is 23.4 Å². The van der Waals surface area contributed by atoms with E-state index in [9.17, 15) is 4.79 Å². The van der Waals surface area contributed by atoms with E-state index in [1.807, 2.05) is 48.5 Å². The predicted octanol–water partition coefficient (Wildman–Crippen LogP) is 5.75. The van der Waals surface area contributed by atoms with Gasteiger partial charge in [0.25, 0.3) is 5.56 Å². The zero-order valence-electron chi connectivity index (χ0n) is 16.4. The van der Waals surface area contributed by atoms with E-state index in [4.69, 9.17) is 0 Å². The molecule has 3 rings (SSSR count). The number of thioether (sulfide) groups is 1. The minimum atomic E-state index is -0.217. The van der Waals surface area contributed by atoms with Crippen LogP contribution in [0.5, 0.6) is 0 Å². The average Bonchev–Trinajstić information content (AvgIpc) is 2.72. The fraction of sp³-hybridized carbons (Fsp3) is 0.227. The van der Waals surface area contributed by atoms with Crippen molar-refractivity contribution in [2.24, 2.45) is 0 Å². The number of allylic oxidation sites excluding steroid dienone is 1. The van der Waals surface area contributed by atoms with Crippen LogP contribution in [0.15, 0.2) is 75.6 Å². The topological polar surface area (TPSA) is 59.8 Å². The molecule has 7 heteroatoms. The molecular formula is C22H23BrN4OS. The van der Waals surface area contributed by atoms with Crippen molar-refractivity contribution >= 4 is 39.2 Å². The molecule has 0 radical (unpaired) electrons. The van der Waals surface area contributed by atoms with Gasteiger partial charge in [-0.15, -0.1) is 16.8 Å². The first-order valence-electron chi connectivity index (χ1n) is 9.30. The number of rotatable bonds is 8. The Hall–Kier alpha value is -2.38. The number of nitrogens with one attached hydrogen (secondary N) is 1. The zero-order chi connectivity index (χ0) is 20.8. The first kappa shape index (κ1) is 21.3. The maximum absolute atomic E-state index is 12.9. The van der Waals surface area contributed by atoms with E-state index >= 15 is 0 Å². The molecule has 0 atom stereocenters. The van der Waals surface area contributed by atoms with Crippen molar-refractivity contribution in [2.45, 2.75) is 37.2 Å². The Kier molecular flexibility index (Phi) is 7.28. The van der Waals surface area contributed by atoms with Crippen molar-refractivity contribution in [3.63, 3.8) is 0 Å². The number of hydrogen-bond donors (Lipinski definition) is 1. The summed E-state index contributed by atoms with van der Waals surface area (Å²) in [5.41, 5.74) is 2.97. The molecule has 0 spiro atoms. The van der Waals surface area contributed by atoms with Gasteiger partial charge in [0.15, 0.2) is 5.16 Å². The normalized spacial score (nSPS) is 10.9. The van der Waals surface area contributed by atoms with Gasteiger partial charge in [-0.3, -0.25) is 9.36 Å². The Bertz CT molecular complexity index is 1030. The molecule has 150 valence electrons. The number of benzene rings is 2. The van der Waals surface area contributed by atoms with Gasteiger partial charge in [-0.2, -0.15) is 0 Å². The molecule has 1 N–H and O–H groups in total. The first-order valence-corrected chi connectivity index (χ1v) is 11.1. The van der Waals surface area contributed by atoms with Crippen molar-refractivity contribution in [3.8, 4) is 0 Å². The standard InChI is InChI=1S/C22H23BrN4OS/c1-4-13-27-21(28)20(24-19-11-7-17(8-12-19)15(2)3)25-26-22(27)29-14-16-5-9-18(23)10-6-16/h4-12,15H,1,13-14H2,2-3H3,(H,24,25). The second kappa shape index (κ2) is 9.89. The van der Waals surface area contributed by atoms with Crippen molar-refractivity contribution in [2.75, 3.05) is 5.32 Å². The number of aromatic nitrogens is 3. The van der Waals surface area contributed by atoms with Crippen molar-refractivity contribution < 1.29 is 0 Å². The summed E-state index contributed by atoms with van der Waals surface area (Å²) in [5.74, 6) is 1.36. The molecule has 0 saturated carbocycles. The Balaban J connectivity index is 1.81. The van der Waals surface area contributed by atoms with Crippen molar-refractivity contribution in [1.82, 2.24) is 14.8 Å². The summed E-state index contributed by atoms with van der Waals surface area (Å²) in [6, 6.07) is 16.1. The van der Waals surface area contributed by atoms with Gasteiger partial charge in [0.05, 0.1) is 0 Å². The van der Waals surface area contributed by atoms with Crippen LogP contribution in [0.25, 0.3) is 0 Å². The molecule has 0 unspecified atom stereocenters. The molecule has 0 fully saturated rings. The number of hydrogen-bond acceptors (Lipinski definition) is 5. The van der Waals surface area contributed by atoms with Crippen molar-refractivity contribution in [3.05, 3.63) is 87.1 Å². The van der Waals surface area contributed by atoms with Gasteiger partial charge in [-0.1, -0.05) is 71.9 Å². The van der Waals surface area contributed by atoms with E-state index in [-0.39, 0.29) is 11.4 Å². The molecule has 0 aliphatic rings. The largest absolute Gasteiger partial charge is 0.334 e. The van der Waals surface area contributed by atoms with Crippen LogP contribution < -0.4 is 10.9 Å². The van der Waals surface area contributed by atoms with Crippen LogP contribution in [-0.4, -0.2) is 14.8 Å². The predicted molar refractivity (Wildman–Crippen MR) is 124 cm³/mol. The van der Waals surface area contributed by atoms with Crippen LogP contribution >= 0.6 is 27.7 Å². The molecule has 0 aliphatic heterocycles. The van der Waals surface area contributed by atoms with Crippen molar-refractivity contribution in [1.29, 1.82) is 0 Å². The summed E-state index contributed by atoms with van der Waals surface area (Å²) < 4.78 is 2.63. The lowest BCUT2D eigenvalue weighted by atomic mass is 10.0.